The largest absolute Gasteiger partial charge is 0.388 e. The molecule has 0 spiro atoms. The summed E-state index contributed by atoms with van der Waals surface area (Å²) in [4.78, 5) is 6.66. The number of rotatable bonds is 2. The van der Waals surface area contributed by atoms with Crippen molar-refractivity contribution in [2.75, 3.05) is 19.0 Å². The molecule has 0 saturated carbocycles. The van der Waals surface area contributed by atoms with E-state index < -0.39 is 0 Å². The Morgan fingerprint density at radius 2 is 2.20 bits per heavy atom. The Hall–Kier alpha value is -1.62. The summed E-state index contributed by atoms with van der Waals surface area (Å²) in [5.74, 6) is 0.827. The van der Waals surface area contributed by atoms with Crippen molar-refractivity contribution >= 4 is 28.7 Å². The van der Waals surface area contributed by atoms with Crippen molar-refractivity contribution in [1.29, 1.82) is 0 Å². The summed E-state index contributed by atoms with van der Waals surface area (Å²) in [5.41, 5.74) is 7.24. The number of pyridine rings is 1. The molecule has 0 bridgehead atoms. The van der Waals surface area contributed by atoms with Gasteiger partial charge < -0.3 is 10.6 Å². The van der Waals surface area contributed by atoms with Crippen molar-refractivity contribution in [3.05, 3.63) is 30.1 Å². The molecule has 2 N–H and O–H groups in total. The van der Waals surface area contributed by atoms with Crippen LogP contribution in [0.4, 0.5) is 5.95 Å². The van der Waals surface area contributed by atoms with Crippen LogP contribution in [0, 0.1) is 0 Å². The van der Waals surface area contributed by atoms with Crippen molar-refractivity contribution in [3.63, 3.8) is 0 Å². The van der Waals surface area contributed by atoms with Crippen molar-refractivity contribution in [3.8, 4) is 0 Å². The highest BCUT2D eigenvalue weighted by Crippen LogP contribution is 2.18. The first-order chi connectivity index (χ1) is 7.11. The molecular weight excluding hydrogens is 208 g/mol. The molecule has 0 aromatic carbocycles. The summed E-state index contributed by atoms with van der Waals surface area (Å²) in [6, 6.07) is 5.84. The minimum Gasteiger partial charge on any atom is -0.388 e. The molecule has 2 rings (SSSR count). The van der Waals surface area contributed by atoms with Crippen molar-refractivity contribution in [2.24, 2.45) is 5.73 Å². The molecule has 0 unspecified atom stereocenters. The molecule has 5 heteroatoms. The Balaban J connectivity index is 2.79. The fourth-order valence-corrected chi connectivity index (χ4v) is 1.67. The van der Waals surface area contributed by atoms with Gasteiger partial charge in [0.1, 0.15) is 10.7 Å². The molecule has 4 nitrogen and oxygen atoms in total. The van der Waals surface area contributed by atoms with Gasteiger partial charge in [0.25, 0.3) is 0 Å². The van der Waals surface area contributed by atoms with Crippen LogP contribution < -0.4 is 10.6 Å². The van der Waals surface area contributed by atoms with Crippen LogP contribution >= 0.6 is 12.2 Å². The van der Waals surface area contributed by atoms with Crippen LogP contribution in [0.25, 0.3) is 5.52 Å². The van der Waals surface area contributed by atoms with Crippen LogP contribution in [0.1, 0.15) is 5.69 Å². The van der Waals surface area contributed by atoms with Crippen LogP contribution in [0.3, 0.4) is 0 Å². The lowest BCUT2D eigenvalue weighted by Gasteiger charge is -2.09. The number of anilines is 1. The molecule has 0 amide bonds. The Morgan fingerprint density at radius 1 is 1.47 bits per heavy atom. The van der Waals surface area contributed by atoms with Gasteiger partial charge in [0, 0.05) is 20.3 Å². The summed E-state index contributed by atoms with van der Waals surface area (Å²) in [7, 11) is 3.87. The fourth-order valence-electron chi connectivity index (χ4n) is 1.52. The maximum Gasteiger partial charge on any atom is 0.210 e. The van der Waals surface area contributed by atoms with E-state index in [2.05, 4.69) is 4.98 Å². The zero-order valence-corrected chi connectivity index (χ0v) is 9.45. The quantitative estimate of drug-likeness (QED) is 0.768. The first-order valence-electron chi connectivity index (χ1n) is 4.55. The molecule has 2 aromatic rings. The van der Waals surface area contributed by atoms with Crippen molar-refractivity contribution in [2.45, 2.75) is 0 Å². The SMILES string of the molecule is CN(C)c1nc(C(N)=S)c2ccccn12. The van der Waals surface area contributed by atoms with Gasteiger partial charge in [-0.3, -0.25) is 4.40 Å². The van der Waals surface area contributed by atoms with Gasteiger partial charge in [0.15, 0.2) is 0 Å². The summed E-state index contributed by atoms with van der Waals surface area (Å²) < 4.78 is 1.97. The normalized spacial score (nSPS) is 10.5. The van der Waals surface area contributed by atoms with E-state index >= 15 is 0 Å². The molecule has 2 heterocycles. The highest BCUT2D eigenvalue weighted by Gasteiger charge is 2.12. The molecule has 0 aliphatic rings. The lowest BCUT2D eigenvalue weighted by Crippen LogP contribution is -2.13. The number of nitrogens with two attached hydrogens (primary N) is 1. The van der Waals surface area contributed by atoms with Gasteiger partial charge in [0.05, 0.1) is 5.52 Å². The zero-order chi connectivity index (χ0) is 11.0. The Bertz CT molecular complexity index is 515. The number of nitrogens with zero attached hydrogens (tertiary/aromatic N) is 3. The van der Waals surface area contributed by atoms with Gasteiger partial charge in [-0.15, -0.1) is 0 Å². The second-order valence-electron chi connectivity index (χ2n) is 3.47. The minimum absolute atomic E-state index is 0.326. The molecule has 0 radical (unpaired) electrons. The topological polar surface area (TPSA) is 46.6 Å². The molecule has 0 aliphatic heterocycles. The van der Waals surface area contributed by atoms with E-state index in [1.54, 1.807) is 0 Å². The van der Waals surface area contributed by atoms with E-state index in [9.17, 15) is 0 Å². The second kappa shape index (κ2) is 3.51. The highest BCUT2D eigenvalue weighted by atomic mass is 32.1. The Morgan fingerprint density at radius 3 is 2.80 bits per heavy atom. The second-order valence-corrected chi connectivity index (χ2v) is 3.91. The van der Waals surface area contributed by atoms with E-state index in [0.717, 1.165) is 11.5 Å². The Labute approximate surface area is 93.3 Å². The summed E-state index contributed by atoms with van der Waals surface area (Å²) in [6.07, 6.45) is 1.94. The molecule has 0 aliphatic carbocycles. The monoisotopic (exact) mass is 220 g/mol. The smallest absolute Gasteiger partial charge is 0.210 e. The molecule has 15 heavy (non-hydrogen) atoms. The van der Waals surface area contributed by atoms with Gasteiger partial charge in [-0.25, -0.2) is 4.98 Å². The predicted molar refractivity (Wildman–Crippen MR) is 65.4 cm³/mol. The predicted octanol–water partition coefficient (Wildman–Crippen LogP) is 1.03. The lowest BCUT2D eigenvalue weighted by molar-refractivity contribution is 0.993. The van der Waals surface area contributed by atoms with Crippen LogP contribution in [0.15, 0.2) is 24.4 Å². The third kappa shape index (κ3) is 1.55. The van der Waals surface area contributed by atoms with Gasteiger partial charge >= 0.3 is 0 Å². The number of imidazole rings is 1. The van der Waals surface area contributed by atoms with E-state index in [1.165, 1.54) is 0 Å². The first-order valence-corrected chi connectivity index (χ1v) is 4.96. The lowest BCUT2D eigenvalue weighted by atomic mass is 10.3. The third-order valence-corrected chi connectivity index (χ3v) is 2.36. The van der Waals surface area contributed by atoms with Gasteiger partial charge in [-0.05, 0) is 12.1 Å². The fraction of sp³-hybridized carbons (Fsp3) is 0.200. The van der Waals surface area contributed by atoms with Crippen LogP contribution in [0.5, 0.6) is 0 Å². The van der Waals surface area contributed by atoms with E-state index in [0.29, 0.717) is 10.7 Å². The summed E-state index contributed by atoms with van der Waals surface area (Å²) in [5, 5.41) is 0. The van der Waals surface area contributed by atoms with Crippen LogP contribution in [0.2, 0.25) is 0 Å². The number of hydrogen-bond acceptors (Lipinski definition) is 3. The summed E-state index contributed by atoms with van der Waals surface area (Å²) >= 11 is 4.97. The maximum absolute atomic E-state index is 5.63. The number of aromatic nitrogens is 2. The molecule has 0 fully saturated rings. The number of fused-ring (bicyclic) bond motifs is 1. The first kappa shape index (κ1) is 9.92. The Kier molecular flexibility index (Phi) is 2.32. The minimum atomic E-state index is 0.326. The average molecular weight is 220 g/mol. The third-order valence-electron chi connectivity index (χ3n) is 2.16. The van der Waals surface area contributed by atoms with Gasteiger partial charge in [0.2, 0.25) is 5.95 Å². The van der Waals surface area contributed by atoms with Crippen molar-refractivity contribution in [1.82, 2.24) is 9.38 Å². The van der Waals surface area contributed by atoms with E-state index in [-0.39, 0.29) is 0 Å². The molecule has 0 atom stereocenters. The molecule has 78 valence electrons. The zero-order valence-electron chi connectivity index (χ0n) is 8.64. The maximum atomic E-state index is 5.63. The average Bonchev–Trinajstić information content (AvgIpc) is 2.56. The van der Waals surface area contributed by atoms with Crippen LogP contribution in [-0.2, 0) is 0 Å². The molecule has 0 saturated heterocycles. The van der Waals surface area contributed by atoms with Crippen LogP contribution in [-0.4, -0.2) is 28.5 Å². The van der Waals surface area contributed by atoms with Crippen molar-refractivity contribution < 1.29 is 0 Å². The van der Waals surface area contributed by atoms with Gasteiger partial charge in [-0.1, -0.05) is 18.3 Å². The standard InChI is InChI=1S/C10H12N4S/c1-13(2)10-12-8(9(11)15)7-5-3-4-6-14(7)10/h3-6H,1-2H3,(H2,11,15). The summed E-state index contributed by atoms with van der Waals surface area (Å²) in [6.45, 7) is 0. The van der Waals surface area contributed by atoms with E-state index in [4.69, 9.17) is 18.0 Å². The number of hydrogen-bond donors (Lipinski definition) is 1. The molecule has 2 aromatic heterocycles. The van der Waals surface area contributed by atoms with Gasteiger partial charge in [-0.2, -0.15) is 0 Å². The highest BCUT2D eigenvalue weighted by molar-refractivity contribution is 7.80. The molecular formula is C10H12N4S. The van der Waals surface area contributed by atoms with E-state index in [1.807, 2.05) is 47.8 Å². The number of thiocarbonyl (C=S) groups is 1.